The quantitative estimate of drug-likeness (QED) is 0.728. The van der Waals surface area contributed by atoms with E-state index in [0.717, 1.165) is 38.5 Å². The summed E-state index contributed by atoms with van der Waals surface area (Å²) in [5.41, 5.74) is 3.39. The maximum atomic E-state index is 10.3. The van der Waals surface area contributed by atoms with Crippen molar-refractivity contribution in [2.24, 2.45) is 28.6 Å². The average Bonchev–Trinajstić information content (AvgIpc) is 2.92. The number of aliphatic hydroxyl groups excluding tert-OH is 3. The van der Waals surface area contributed by atoms with E-state index in [4.69, 9.17) is 0 Å². The van der Waals surface area contributed by atoms with Crippen molar-refractivity contribution in [2.75, 3.05) is 6.61 Å². The zero-order chi connectivity index (χ0) is 17.1. The van der Waals surface area contributed by atoms with E-state index in [0.29, 0.717) is 11.8 Å². The van der Waals surface area contributed by atoms with E-state index in [1.165, 1.54) is 12.0 Å². The minimum absolute atomic E-state index is 0.116. The fourth-order valence-electron chi connectivity index (χ4n) is 6.78. The van der Waals surface area contributed by atoms with Gasteiger partial charge in [0.25, 0.3) is 0 Å². The van der Waals surface area contributed by atoms with Crippen molar-refractivity contribution in [1.29, 1.82) is 0 Å². The van der Waals surface area contributed by atoms with Crippen LogP contribution in [0.4, 0.5) is 0 Å². The Morgan fingerprint density at radius 1 is 1.08 bits per heavy atom. The standard InChI is InChI=1S/C21H32O3/c1-20-9-7-14(23)11-13(20)3-4-15-16-5-6-18(19(24)12-22)21(16,2)10-8-17(15)20/h3-4,14,16-19,22-24H,5-12H2,1-2H3/t14-,16-,17-,18+,19?,20+,21-/m0/s1. The second kappa shape index (κ2) is 5.69. The van der Waals surface area contributed by atoms with Crippen molar-refractivity contribution >= 4 is 0 Å². The molecular weight excluding hydrogens is 300 g/mol. The van der Waals surface area contributed by atoms with E-state index in [9.17, 15) is 15.3 Å². The highest BCUT2D eigenvalue weighted by atomic mass is 16.3. The molecule has 0 amide bonds. The normalized spacial score (nSPS) is 48.7. The monoisotopic (exact) mass is 332 g/mol. The lowest BCUT2D eigenvalue weighted by Crippen LogP contribution is -2.47. The zero-order valence-corrected chi connectivity index (χ0v) is 15.0. The first kappa shape index (κ1) is 16.8. The van der Waals surface area contributed by atoms with E-state index in [2.05, 4.69) is 26.0 Å². The van der Waals surface area contributed by atoms with Crippen LogP contribution in [0.2, 0.25) is 0 Å². The Hall–Kier alpha value is -0.640. The molecule has 4 rings (SSSR count). The second-order valence-electron chi connectivity index (χ2n) is 9.26. The largest absolute Gasteiger partial charge is 0.394 e. The molecular formula is C21H32O3. The lowest BCUT2D eigenvalue weighted by atomic mass is 9.50. The molecule has 4 aliphatic carbocycles. The van der Waals surface area contributed by atoms with Crippen molar-refractivity contribution in [3.05, 3.63) is 23.3 Å². The smallest absolute Gasteiger partial charge is 0.0804 e. The molecule has 7 atom stereocenters. The van der Waals surface area contributed by atoms with Gasteiger partial charge in [0.05, 0.1) is 18.8 Å². The molecule has 0 aliphatic heterocycles. The van der Waals surface area contributed by atoms with Gasteiger partial charge in [0.2, 0.25) is 0 Å². The van der Waals surface area contributed by atoms with Gasteiger partial charge < -0.3 is 15.3 Å². The van der Waals surface area contributed by atoms with Crippen molar-refractivity contribution in [2.45, 2.75) is 71.0 Å². The summed E-state index contributed by atoms with van der Waals surface area (Å²) in [7, 11) is 0. The number of hydrogen-bond acceptors (Lipinski definition) is 3. The number of fused-ring (bicyclic) bond motifs is 5. The Bertz CT molecular complexity index is 580. The van der Waals surface area contributed by atoms with Gasteiger partial charge in [-0.1, -0.05) is 37.1 Å². The highest BCUT2D eigenvalue weighted by molar-refractivity contribution is 5.38. The van der Waals surface area contributed by atoms with E-state index in [-0.39, 0.29) is 29.5 Å². The molecule has 3 saturated carbocycles. The molecule has 24 heavy (non-hydrogen) atoms. The molecule has 0 radical (unpaired) electrons. The highest BCUT2D eigenvalue weighted by Gasteiger charge is 2.57. The van der Waals surface area contributed by atoms with Gasteiger partial charge in [0, 0.05) is 0 Å². The molecule has 134 valence electrons. The predicted octanol–water partition coefficient (Wildman–Crippen LogP) is 3.20. The molecule has 3 N–H and O–H groups in total. The minimum Gasteiger partial charge on any atom is -0.394 e. The summed E-state index contributed by atoms with van der Waals surface area (Å²) >= 11 is 0. The summed E-state index contributed by atoms with van der Waals surface area (Å²) < 4.78 is 0. The first-order valence-electron chi connectivity index (χ1n) is 9.78. The Morgan fingerprint density at radius 3 is 2.62 bits per heavy atom. The second-order valence-corrected chi connectivity index (χ2v) is 9.26. The SMILES string of the molecule is C[C@]12CC[C@H]3C(=CC=C4C[C@@H](O)CC[C@]43C)[C@@H]1CC[C@@H]2C(O)CO. The van der Waals surface area contributed by atoms with Gasteiger partial charge in [-0.2, -0.15) is 0 Å². The summed E-state index contributed by atoms with van der Waals surface area (Å²) in [6, 6.07) is 0. The summed E-state index contributed by atoms with van der Waals surface area (Å²) in [5.74, 6) is 1.37. The third-order valence-electron chi connectivity index (χ3n) is 8.27. The summed E-state index contributed by atoms with van der Waals surface area (Å²) in [6.45, 7) is 4.65. The van der Waals surface area contributed by atoms with Crippen LogP contribution < -0.4 is 0 Å². The molecule has 0 spiro atoms. The minimum atomic E-state index is -0.577. The first-order chi connectivity index (χ1) is 11.4. The molecule has 0 bridgehead atoms. The molecule has 3 fully saturated rings. The van der Waals surface area contributed by atoms with E-state index >= 15 is 0 Å². The van der Waals surface area contributed by atoms with Crippen molar-refractivity contribution in [3.8, 4) is 0 Å². The van der Waals surface area contributed by atoms with Crippen molar-refractivity contribution in [1.82, 2.24) is 0 Å². The topological polar surface area (TPSA) is 60.7 Å². The van der Waals surface area contributed by atoms with Gasteiger partial charge in [0.1, 0.15) is 0 Å². The van der Waals surface area contributed by atoms with Crippen LogP contribution in [0.15, 0.2) is 23.3 Å². The molecule has 3 heteroatoms. The van der Waals surface area contributed by atoms with Crippen LogP contribution in [0.1, 0.15) is 58.8 Å². The summed E-state index contributed by atoms with van der Waals surface area (Å²) in [6.07, 6.45) is 11.3. The fourth-order valence-corrected chi connectivity index (χ4v) is 6.78. The van der Waals surface area contributed by atoms with Gasteiger partial charge in [-0.3, -0.25) is 0 Å². The molecule has 0 aromatic carbocycles. The Balaban J connectivity index is 1.68. The average molecular weight is 332 g/mol. The van der Waals surface area contributed by atoms with Crippen molar-refractivity contribution in [3.63, 3.8) is 0 Å². The molecule has 1 unspecified atom stereocenters. The molecule has 0 saturated heterocycles. The molecule has 4 aliphatic rings. The van der Waals surface area contributed by atoms with Crippen LogP contribution in [-0.4, -0.2) is 34.1 Å². The maximum Gasteiger partial charge on any atom is 0.0804 e. The molecule has 3 nitrogen and oxygen atoms in total. The van der Waals surface area contributed by atoms with E-state index in [1.54, 1.807) is 5.57 Å². The van der Waals surface area contributed by atoms with Crippen LogP contribution in [0.3, 0.4) is 0 Å². The fraction of sp³-hybridized carbons (Fsp3) is 0.810. The number of aliphatic hydroxyl groups is 3. The third kappa shape index (κ3) is 2.21. The predicted molar refractivity (Wildman–Crippen MR) is 94.3 cm³/mol. The van der Waals surface area contributed by atoms with E-state index < -0.39 is 6.10 Å². The van der Waals surface area contributed by atoms with Gasteiger partial charge in [-0.05, 0) is 73.5 Å². The lowest BCUT2D eigenvalue weighted by Gasteiger charge is -2.55. The lowest BCUT2D eigenvalue weighted by molar-refractivity contribution is -0.0253. The van der Waals surface area contributed by atoms with Crippen LogP contribution in [0.25, 0.3) is 0 Å². The third-order valence-corrected chi connectivity index (χ3v) is 8.27. The number of hydrogen-bond donors (Lipinski definition) is 3. The van der Waals surface area contributed by atoms with Gasteiger partial charge >= 0.3 is 0 Å². The number of rotatable bonds is 2. The van der Waals surface area contributed by atoms with Gasteiger partial charge in [-0.15, -0.1) is 0 Å². The first-order valence-corrected chi connectivity index (χ1v) is 9.78. The van der Waals surface area contributed by atoms with Gasteiger partial charge in [0.15, 0.2) is 0 Å². The Labute approximate surface area is 145 Å². The van der Waals surface area contributed by atoms with Crippen molar-refractivity contribution < 1.29 is 15.3 Å². The van der Waals surface area contributed by atoms with Crippen LogP contribution in [0.5, 0.6) is 0 Å². The number of allylic oxidation sites excluding steroid dienone is 3. The Morgan fingerprint density at radius 2 is 1.88 bits per heavy atom. The van der Waals surface area contributed by atoms with Gasteiger partial charge in [-0.25, -0.2) is 0 Å². The summed E-state index contributed by atoms with van der Waals surface area (Å²) in [4.78, 5) is 0. The van der Waals surface area contributed by atoms with E-state index in [1.807, 2.05) is 0 Å². The zero-order valence-electron chi connectivity index (χ0n) is 15.0. The highest BCUT2D eigenvalue weighted by Crippen LogP contribution is 2.65. The summed E-state index contributed by atoms with van der Waals surface area (Å²) in [5, 5.41) is 29.8. The van der Waals surface area contributed by atoms with Crippen LogP contribution in [0, 0.1) is 28.6 Å². The molecule has 0 heterocycles. The molecule has 0 aromatic heterocycles. The van der Waals surface area contributed by atoms with Crippen LogP contribution >= 0.6 is 0 Å². The molecule has 0 aromatic rings. The maximum absolute atomic E-state index is 10.3. The Kier molecular flexibility index (Phi) is 3.98. The van der Waals surface area contributed by atoms with Crippen LogP contribution in [-0.2, 0) is 0 Å².